The normalized spacial score (nSPS) is 22.8. The summed E-state index contributed by atoms with van der Waals surface area (Å²) in [5.41, 5.74) is -3.07. The molecule has 0 saturated heterocycles. The van der Waals surface area contributed by atoms with Crippen LogP contribution >= 0.6 is 0 Å². The third-order valence-electron chi connectivity index (χ3n) is 7.25. The van der Waals surface area contributed by atoms with Crippen LogP contribution in [0.2, 0.25) is 0 Å². The molecule has 252 valence electrons. The van der Waals surface area contributed by atoms with Gasteiger partial charge >= 0.3 is 11.9 Å². The van der Waals surface area contributed by atoms with Crippen LogP contribution < -0.4 is 0 Å². The Balaban J connectivity index is 0.000000440. The van der Waals surface area contributed by atoms with E-state index in [2.05, 4.69) is 9.98 Å². The van der Waals surface area contributed by atoms with Gasteiger partial charge in [0.15, 0.2) is 11.5 Å². The maximum absolute atomic E-state index is 12.4. The fourth-order valence-electron chi connectivity index (χ4n) is 5.07. The zero-order valence-corrected chi connectivity index (χ0v) is 30.1. The van der Waals surface area contributed by atoms with Crippen molar-refractivity contribution in [3.63, 3.8) is 0 Å². The van der Waals surface area contributed by atoms with Crippen molar-refractivity contribution in [3.8, 4) is 0 Å². The maximum atomic E-state index is 12.4. The fourth-order valence-corrected chi connectivity index (χ4v) is 5.07. The van der Waals surface area contributed by atoms with Crippen LogP contribution in [0.25, 0.3) is 0 Å². The molecular weight excluding hydrogens is 564 g/mol. The molecule has 0 unspecified atom stereocenters. The highest BCUT2D eigenvalue weighted by atomic mass is 16.5. The molecule has 2 N–H and O–H groups in total. The van der Waals surface area contributed by atoms with Crippen LogP contribution in [-0.2, 0) is 28.5 Å². The first kappa shape index (κ1) is 39.3. The molecule has 0 saturated carbocycles. The van der Waals surface area contributed by atoms with Crippen molar-refractivity contribution in [3.05, 3.63) is 22.7 Å². The molecule has 10 heteroatoms. The number of rotatable bonds is 8. The van der Waals surface area contributed by atoms with Gasteiger partial charge in [-0.2, -0.15) is 0 Å². The van der Waals surface area contributed by atoms with Crippen LogP contribution in [0.4, 0.5) is 0 Å². The second-order valence-corrected chi connectivity index (χ2v) is 15.0. The van der Waals surface area contributed by atoms with E-state index in [9.17, 15) is 19.8 Å². The number of aliphatic hydroxyl groups is 2. The summed E-state index contributed by atoms with van der Waals surface area (Å²) in [6, 6.07) is 0. The Kier molecular flexibility index (Phi) is 12.3. The first-order valence-corrected chi connectivity index (χ1v) is 15.5. The quantitative estimate of drug-likeness (QED) is 0.270. The monoisotopic (exact) mass is 622 g/mol. The van der Waals surface area contributed by atoms with Crippen molar-refractivity contribution < 1.29 is 38.7 Å². The molecular formula is C34H58N2O8. The summed E-state index contributed by atoms with van der Waals surface area (Å²) in [6.07, 6.45) is 0. The molecule has 0 spiro atoms. The van der Waals surface area contributed by atoms with Crippen molar-refractivity contribution >= 4 is 23.4 Å². The standard InChI is InChI=1S/2C17H29NO4/c2*1-9-21-14(20)11-12(15(3,4)5)18-17(13(11)19,22-10-2)16(6,7)8/h2*19H,9-10H2,1-8H3/t2*17-/m10/s1. The molecule has 2 rings (SSSR count). The average Bonchev–Trinajstić information content (AvgIpc) is 3.33. The molecule has 2 aliphatic heterocycles. The molecule has 0 aliphatic carbocycles. The van der Waals surface area contributed by atoms with Crippen LogP contribution in [0.3, 0.4) is 0 Å². The first-order chi connectivity index (χ1) is 19.8. The van der Waals surface area contributed by atoms with E-state index in [-0.39, 0.29) is 35.9 Å². The lowest BCUT2D eigenvalue weighted by atomic mass is 9.81. The maximum Gasteiger partial charge on any atom is 0.343 e. The summed E-state index contributed by atoms with van der Waals surface area (Å²) in [6.45, 7) is 31.6. The summed E-state index contributed by atoms with van der Waals surface area (Å²) in [5, 5.41) is 21.7. The Morgan fingerprint density at radius 1 is 0.568 bits per heavy atom. The Hall–Kier alpha value is -2.72. The van der Waals surface area contributed by atoms with Gasteiger partial charge in [-0.1, -0.05) is 83.1 Å². The van der Waals surface area contributed by atoms with E-state index >= 15 is 0 Å². The third kappa shape index (κ3) is 7.56. The minimum atomic E-state index is -1.26. The second kappa shape index (κ2) is 13.7. The Labute approximate surface area is 265 Å². The molecule has 44 heavy (non-hydrogen) atoms. The zero-order valence-electron chi connectivity index (χ0n) is 30.1. The lowest BCUT2D eigenvalue weighted by Crippen LogP contribution is -2.45. The van der Waals surface area contributed by atoms with E-state index < -0.39 is 45.0 Å². The molecule has 2 atom stereocenters. The van der Waals surface area contributed by atoms with Gasteiger partial charge in [-0.05, 0) is 27.7 Å². The van der Waals surface area contributed by atoms with Crippen LogP contribution in [-0.4, -0.2) is 71.5 Å². The fraction of sp³-hybridized carbons (Fsp3) is 0.765. The van der Waals surface area contributed by atoms with E-state index in [1.165, 1.54) is 0 Å². The predicted octanol–water partition coefficient (Wildman–Crippen LogP) is 7.28. The van der Waals surface area contributed by atoms with Crippen LogP contribution in [0.5, 0.6) is 0 Å². The van der Waals surface area contributed by atoms with Gasteiger partial charge in [0.25, 0.3) is 0 Å². The minimum absolute atomic E-state index is 0.137. The number of aliphatic imine (C=N–C) groups is 2. The van der Waals surface area contributed by atoms with E-state index in [1.54, 1.807) is 13.8 Å². The van der Waals surface area contributed by atoms with Crippen LogP contribution in [0, 0.1) is 21.7 Å². The number of hydrogen-bond acceptors (Lipinski definition) is 10. The molecule has 2 aliphatic rings. The number of nitrogens with zero attached hydrogens (tertiary/aromatic N) is 2. The minimum Gasteiger partial charge on any atom is -0.506 e. The molecule has 0 aromatic carbocycles. The summed E-state index contributed by atoms with van der Waals surface area (Å²) in [7, 11) is 0. The summed E-state index contributed by atoms with van der Waals surface area (Å²) >= 11 is 0. The Bertz CT molecular complexity index is 1110. The number of ether oxygens (including phenoxy) is 4. The first-order valence-electron chi connectivity index (χ1n) is 15.5. The summed E-state index contributed by atoms with van der Waals surface area (Å²) in [4.78, 5) is 34.1. The largest absolute Gasteiger partial charge is 0.506 e. The third-order valence-corrected chi connectivity index (χ3v) is 7.25. The lowest BCUT2D eigenvalue weighted by Gasteiger charge is -2.38. The van der Waals surface area contributed by atoms with Crippen molar-refractivity contribution in [2.45, 2.75) is 122 Å². The Morgan fingerprint density at radius 2 is 0.841 bits per heavy atom. The number of aliphatic hydroxyl groups excluding tert-OH is 2. The van der Waals surface area contributed by atoms with Crippen molar-refractivity contribution in [1.29, 1.82) is 0 Å². The lowest BCUT2D eigenvalue weighted by molar-refractivity contribution is -0.139. The Morgan fingerprint density at radius 3 is 1.02 bits per heavy atom. The smallest absolute Gasteiger partial charge is 0.343 e. The molecule has 0 aromatic heterocycles. The summed E-state index contributed by atoms with van der Waals surface area (Å²) < 4.78 is 21.9. The van der Waals surface area contributed by atoms with Crippen molar-refractivity contribution in [2.75, 3.05) is 26.4 Å². The highest BCUT2D eigenvalue weighted by Crippen LogP contribution is 2.49. The predicted molar refractivity (Wildman–Crippen MR) is 174 cm³/mol. The van der Waals surface area contributed by atoms with Gasteiger partial charge in [0, 0.05) is 34.9 Å². The summed E-state index contributed by atoms with van der Waals surface area (Å²) in [5.74, 6) is -1.41. The van der Waals surface area contributed by atoms with Crippen molar-refractivity contribution in [2.24, 2.45) is 31.6 Å². The molecule has 0 amide bonds. The van der Waals surface area contributed by atoms with E-state index in [0.717, 1.165) is 0 Å². The van der Waals surface area contributed by atoms with E-state index in [0.29, 0.717) is 24.6 Å². The van der Waals surface area contributed by atoms with Crippen LogP contribution in [0.1, 0.15) is 111 Å². The zero-order chi connectivity index (χ0) is 34.7. The van der Waals surface area contributed by atoms with Gasteiger partial charge in [-0.3, -0.25) is 0 Å². The molecule has 0 radical (unpaired) electrons. The molecule has 10 nitrogen and oxygen atoms in total. The van der Waals surface area contributed by atoms with E-state index in [4.69, 9.17) is 18.9 Å². The topological polar surface area (TPSA) is 136 Å². The average molecular weight is 623 g/mol. The van der Waals surface area contributed by atoms with Crippen molar-refractivity contribution in [1.82, 2.24) is 0 Å². The highest BCUT2D eigenvalue weighted by molar-refractivity contribution is 6.24. The number of carbonyl (C=O) groups excluding carboxylic acids is 2. The molecule has 2 heterocycles. The molecule has 0 bridgehead atoms. The number of esters is 2. The number of carbonyl (C=O) groups is 2. The van der Waals surface area contributed by atoms with Gasteiger partial charge in [0.2, 0.25) is 11.4 Å². The van der Waals surface area contributed by atoms with Gasteiger partial charge in [0.05, 0.1) is 24.6 Å². The van der Waals surface area contributed by atoms with Gasteiger partial charge in [-0.15, -0.1) is 0 Å². The van der Waals surface area contributed by atoms with Gasteiger partial charge < -0.3 is 29.2 Å². The van der Waals surface area contributed by atoms with Crippen LogP contribution in [0.15, 0.2) is 32.6 Å². The second-order valence-electron chi connectivity index (χ2n) is 15.0. The van der Waals surface area contributed by atoms with Gasteiger partial charge in [0.1, 0.15) is 11.1 Å². The molecule has 0 fully saturated rings. The van der Waals surface area contributed by atoms with E-state index in [1.807, 2.05) is 96.9 Å². The SMILES string of the molecule is CCOC(=O)C1=C(O)[C@@](OCC)(C(C)(C)C)N=C1C(C)(C)C.CCOC(=O)C1=C(O)[C@](OCC)(C(C)(C)C)N=C1C(C)(C)C. The molecule has 0 aromatic rings. The number of hydrogen-bond donors (Lipinski definition) is 2. The van der Waals surface area contributed by atoms with Gasteiger partial charge in [-0.25, -0.2) is 19.6 Å². The highest BCUT2D eigenvalue weighted by Gasteiger charge is 2.56.